The molecule has 0 radical (unpaired) electrons. The van der Waals surface area contributed by atoms with Crippen molar-refractivity contribution in [2.45, 2.75) is 31.8 Å². The first kappa shape index (κ1) is 18.2. The van der Waals surface area contributed by atoms with Gasteiger partial charge in [-0.25, -0.2) is 0 Å². The summed E-state index contributed by atoms with van der Waals surface area (Å²) in [6.07, 6.45) is 7.31. The van der Waals surface area contributed by atoms with E-state index in [1.54, 1.807) is 24.5 Å². The van der Waals surface area contributed by atoms with Crippen LogP contribution in [-0.2, 0) is 11.3 Å². The highest BCUT2D eigenvalue weighted by Gasteiger charge is 2.24. The van der Waals surface area contributed by atoms with Gasteiger partial charge >= 0.3 is 0 Å². The number of hydrogen-bond acceptors (Lipinski definition) is 3. The topological polar surface area (TPSA) is 67.2 Å². The zero-order valence-corrected chi connectivity index (χ0v) is 15.8. The lowest BCUT2D eigenvalue weighted by Crippen LogP contribution is -2.46. The number of carbonyl (C=O) groups excluding carboxylic acids is 2. The van der Waals surface area contributed by atoms with E-state index in [0.29, 0.717) is 31.6 Å². The summed E-state index contributed by atoms with van der Waals surface area (Å²) in [6, 6.07) is 13.9. The molecule has 1 aromatic carbocycles. The van der Waals surface area contributed by atoms with Gasteiger partial charge in [-0.2, -0.15) is 0 Å². The van der Waals surface area contributed by atoms with Gasteiger partial charge in [0.2, 0.25) is 5.91 Å². The molecule has 2 amide bonds. The maximum atomic E-state index is 12.6. The third-order valence-electron chi connectivity index (χ3n) is 5.35. The minimum atomic E-state index is -0.0997. The van der Waals surface area contributed by atoms with Gasteiger partial charge in [-0.1, -0.05) is 18.2 Å². The van der Waals surface area contributed by atoms with Crippen LogP contribution >= 0.6 is 0 Å². The van der Waals surface area contributed by atoms with E-state index in [1.165, 1.54) is 5.39 Å². The Morgan fingerprint density at radius 1 is 1.07 bits per heavy atom. The van der Waals surface area contributed by atoms with Crippen LogP contribution in [0.1, 0.15) is 29.6 Å². The molecule has 1 saturated heterocycles. The Kier molecular flexibility index (Phi) is 5.37. The Morgan fingerprint density at radius 3 is 2.68 bits per heavy atom. The minimum Gasteiger partial charge on any atom is -0.349 e. The van der Waals surface area contributed by atoms with Gasteiger partial charge in [0.25, 0.3) is 5.91 Å². The van der Waals surface area contributed by atoms with Crippen molar-refractivity contribution in [1.82, 2.24) is 19.8 Å². The van der Waals surface area contributed by atoms with Gasteiger partial charge in [0, 0.05) is 56.2 Å². The van der Waals surface area contributed by atoms with Crippen molar-refractivity contribution in [3.8, 4) is 0 Å². The van der Waals surface area contributed by atoms with Crippen LogP contribution in [0.5, 0.6) is 0 Å². The van der Waals surface area contributed by atoms with Crippen LogP contribution in [0.3, 0.4) is 0 Å². The van der Waals surface area contributed by atoms with E-state index in [9.17, 15) is 9.59 Å². The second-order valence-electron chi connectivity index (χ2n) is 7.19. The first-order valence-electron chi connectivity index (χ1n) is 9.73. The van der Waals surface area contributed by atoms with Crippen LogP contribution in [0, 0.1) is 0 Å². The maximum Gasteiger partial charge on any atom is 0.253 e. The fourth-order valence-electron chi connectivity index (χ4n) is 3.75. The number of aromatic nitrogens is 2. The molecule has 6 heteroatoms. The minimum absolute atomic E-state index is 0.0997. The summed E-state index contributed by atoms with van der Waals surface area (Å²) >= 11 is 0. The number of fused-ring (bicyclic) bond motifs is 1. The maximum absolute atomic E-state index is 12.6. The zero-order chi connectivity index (χ0) is 19.3. The van der Waals surface area contributed by atoms with Gasteiger partial charge < -0.3 is 14.8 Å². The van der Waals surface area contributed by atoms with Crippen LogP contribution in [-0.4, -0.2) is 45.4 Å². The highest BCUT2D eigenvalue weighted by molar-refractivity contribution is 5.94. The third-order valence-corrected chi connectivity index (χ3v) is 5.35. The molecule has 0 aliphatic carbocycles. The molecular weight excluding hydrogens is 352 g/mol. The van der Waals surface area contributed by atoms with Crippen LogP contribution in [0.25, 0.3) is 10.9 Å². The molecule has 1 aliphatic rings. The first-order chi connectivity index (χ1) is 13.7. The first-order valence-corrected chi connectivity index (χ1v) is 9.73. The van der Waals surface area contributed by atoms with Crippen molar-refractivity contribution in [1.29, 1.82) is 0 Å². The molecule has 3 heterocycles. The van der Waals surface area contributed by atoms with Crippen molar-refractivity contribution in [2.75, 3.05) is 13.1 Å². The molecule has 2 aromatic heterocycles. The lowest BCUT2D eigenvalue weighted by atomic mass is 10.0. The normalized spacial score (nSPS) is 14.9. The number of para-hydroxylation sites is 1. The van der Waals surface area contributed by atoms with Crippen molar-refractivity contribution in [3.05, 3.63) is 66.6 Å². The average molecular weight is 376 g/mol. The SMILES string of the molecule is O=C(NC1CCN(C(=O)CCn2ccc3ccccc32)CC1)c1cccnc1. The number of hydrogen-bond donors (Lipinski definition) is 1. The van der Waals surface area contributed by atoms with Gasteiger partial charge in [0.1, 0.15) is 0 Å². The van der Waals surface area contributed by atoms with E-state index in [1.807, 2.05) is 23.2 Å². The molecular formula is C22H24N4O2. The fraction of sp³-hybridized carbons (Fsp3) is 0.318. The Hall–Kier alpha value is -3.15. The Morgan fingerprint density at radius 2 is 1.89 bits per heavy atom. The third kappa shape index (κ3) is 4.06. The van der Waals surface area contributed by atoms with E-state index in [0.717, 1.165) is 18.4 Å². The molecule has 0 spiro atoms. The monoisotopic (exact) mass is 376 g/mol. The van der Waals surface area contributed by atoms with E-state index in [-0.39, 0.29) is 17.9 Å². The van der Waals surface area contributed by atoms with Gasteiger partial charge in [-0.3, -0.25) is 14.6 Å². The van der Waals surface area contributed by atoms with Crippen LogP contribution in [0.2, 0.25) is 0 Å². The molecule has 6 nitrogen and oxygen atoms in total. The summed E-state index contributed by atoms with van der Waals surface area (Å²) in [4.78, 5) is 30.7. The largest absolute Gasteiger partial charge is 0.349 e. The van der Waals surface area contributed by atoms with Crippen molar-refractivity contribution < 1.29 is 9.59 Å². The molecule has 3 aromatic rings. The number of rotatable bonds is 5. The summed E-state index contributed by atoms with van der Waals surface area (Å²) in [5.74, 6) is 0.0761. The number of amides is 2. The number of carbonyl (C=O) groups is 2. The predicted molar refractivity (Wildman–Crippen MR) is 108 cm³/mol. The number of nitrogens with zero attached hydrogens (tertiary/aromatic N) is 3. The zero-order valence-electron chi connectivity index (χ0n) is 15.8. The summed E-state index contributed by atoms with van der Waals surface area (Å²) in [5.41, 5.74) is 1.73. The van der Waals surface area contributed by atoms with Crippen LogP contribution in [0.4, 0.5) is 0 Å². The molecule has 0 saturated carbocycles. The van der Waals surface area contributed by atoms with Crippen molar-refractivity contribution >= 4 is 22.7 Å². The molecule has 1 aliphatic heterocycles. The van der Waals surface area contributed by atoms with Gasteiger partial charge in [-0.15, -0.1) is 0 Å². The molecule has 0 unspecified atom stereocenters. The van der Waals surface area contributed by atoms with Gasteiger partial charge in [-0.05, 0) is 42.5 Å². The number of benzene rings is 1. The molecule has 144 valence electrons. The van der Waals surface area contributed by atoms with E-state index >= 15 is 0 Å². The second-order valence-corrected chi connectivity index (χ2v) is 7.19. The fourth-order valence-corrected chi connectivity index (χ4v) is 3.75. The number of aryl methyl sites for hydroxylation is 1. The average Bonchev–Trinajstić information content (AvgIpc) is 3.16. The highest BCUT2D eigenvalue weighted by Crippen LogP contribution is 2.17. The smallest absolute Gasteiger partial charge is 0.253 e. The quantitative estimate of drug-likeness (QED) is 0.745. The summed E-state index contributed by atoms with van der Waals surface area (Å²) in [5, 5.41) is 4.24. The van der Waals surface area contributed by atoms with E-state index in [2.05, 4.69) is 33.1 Å². The molecule has 28 heavy (non-hydrogen) atoms. The number of piperidine rings is 1. The number of nitrogens with one attached hydrogen (secondary N) is 1. The molecule has 4 rings (SSSR count). The lowest BCUT2D eigenvalue weighted by Gasteiger charge is -2.32. The number of likely N-dealkylation sites (tertiary alicyclic amines) is 1. The van der Waals surface area contributed by atoms with E-state index < -0.39 is 0 Å². The molecule has 1 N–H and O–H groups in total. The summed E-state index contributed by atoms with van der Waals surface area (Å²) in [7, 11) is 0. The molecule has 0 atom stereocenters. The Bertz CT molecular complexity index is 959. The Labute approximate surface area is 164 Å². The van der Waals surface area contributed by atoms with Gasteiger partial charge in [0.15, 0.2) is 0 Å². The predicted octanol–water partition coefficient (Wildman–Crippen LogP) is 2.85. The van der Waals surface area contributed by atoms with Gasteiger partial charge in [0.05, 0.1) is 5.56 Å². The molecule has 1 fully saturated rings. The van der Waals surface area contributed by atoms with Crippen molar-refractivity contribution in [2.24, 2.45) is 0 Å². The summed E-state index contributed by atoms with van der Waals surface area (Å²) < 4.78 is 2.13. The Balaban J connectivity index is 1.25. The van der Waals surface area contributed by atoms with Crippen LogP contribution in [0.15, 0.2) is 61.1 Å². The lowest BCUT2D eigenvalue weighted by molar-refractivity contribution is -0.132. The standard InChI is InChI=1S/C22H24N4O2/c27-21(10-15-25-12-7-17-4-1-2-6-20(17)25)26-13-8-19(9-14-26)24-22(28)18-5-3-11-23-16-18/h1-7,11-12,16,19H,8-10,13-15H2,(H,24,28). The molecule has 0 bridgehead atoms. The van der Waals surface area contributed by atoms with Crippen molar-refractivity contribution in [3.63, 3.8) is 0 Å². The summed E-state index contributed by atoms with van der Waals surface area (Å²) in [6.45, 7) is 2.05. The second kappa shape index (κ2) is 8.25. The van der Waals surface area contributed by atoms with E-state index in [4.69, 9.17) is 0 Å². The number of pyridine rings is 1. The highest BCUT2D eigenvalue weighted by atomic mass is 16.2. The van der Waals surface area contributed by atoms with Crippen LogP contribution < -0.4 is 5.32 Å².